The number of methoxy groups -OCH3 is 1. The number of amides is 2. The van der Waals surface area contributed by atoms with Gasteiger partial charge in [-0.2, -0.15) is 5.10 Å². The summed E-state index contributed by atoms with van der Waals surface area (Å²) >= 11 is 0. The van der Waals surface area contributed by atoms with Crippen LogP contribution in [0.4, 0.5) is 11.4 Å². The number of non-ortho nitro benzene ring substituents is 1. The highest BCUT2D eigenvalue weighted by Crippen LogP contribution is 2.30. The molecule has 0 fully saturated rings. The fourth-order valence-electron chi connectivity index (χ4n) is 2.70. The number of ether oxygens (including phenoxy) is 1. The van der Waals surface area contributed by atoms with Crippen LogP contribution in [0.1, 0.15) is 6.92 Å². The second kappa shape index (κ2) is 6.27. The van der Waals surface area contributed by atoms with Crippen molar-refractivity contribution in [3.63, 3.8) is 0 Å². The van der Waals surface area contributed by atoms with Gasteiger partial charge >= 0.3 is 0 Å². The van der Waals surface area contributed by atoms with Gasteiger partial charge in [0.15, 0.2) is 0 Å². The Morgan fingerprint density at radius 1 is 1.42 bits per heavy atom. The monoisotopic (exact) mass is 358 g/mol. The SMILES string of the molecule is COc1cc([N+](=O)[O-])ccc1NC(=O)C1=C(C)NC(=O)C2C(N)=NN=C12. The Kier molecular flexibility index (Phi) is 4.12. The number of nitrogens with one attached hydrogen (secondary N) is 2. The molecule has 2 heterocycles. The lowest BCUT2D eigenvalue weighted by Gasteiger charge is -2.23. The highest BCUT2D eigenvalue weighted by Gasteiger charge is 2.41. The summed E-state index contributed by atoms with van der Waals surface area (Å²) in [5.41, 5.74) is 6.29. The quantitative estimate of drug-likeness (QED) is 0.517. The number of allylic oxidation sites excluding steroid dienone is 1. The summed E-state index contributed by atoms with van der Waals surface area (Å²) in [6, 6.07) is 3.78. The van der Waals surface area contributed by atoms with Crippen LogP contribution < -0.4 is 21.1 Å². The molecule has 26 heavy (non-hydrogen) atoms. The van der Waals surface area contributed by atoms with E-state index >= 15 is 0 Å². The van der Waals surface area contributed by atoms with Crippen LogP contribution in [-0.4, -0.2) is 35.4 Å². The van der Waals surface area contributed by atoms with Crippen LogP contribution in [0.25, 0.3) is 0 Å². The molecule has 0 saturated heterocycles. The molecule has 1 atom stereocenters. The van der Waals surface area contributed by atoms with Crippen LogP contribution in [0.5, 0.6) is 5.75 Å². The molecule has 2 amide bonds. The number of nitro groups is 1. The van der Waals surface area contributed by atoms with Gasteiger partial charge in [0.2, 0.25) is 5.91 Å². The third-order valence-corrected chi connectivity index (χ3v) is 3.92. The van der Waals surface area contributed by atoms with Gasteiger partial charge in [-0.1, -0.05) is 0 Å². The van der Waals surface area contributed by atoms with Gasteiger partial charge in [-0.05, 0) is 13.0 Å². The van der Waals surface area contributed by atoms with E-state index in [4.69, 9.17) is 10.5 Å². The van der Waals surface area contributed by atoms with E-state index in [1.165, 1.54) is 25.3 Å². The maximum atomic E-state index is 12.7. The average Bonchev–Trinajstić information content (AvgIpc) is 2.96. The summed E-state index contributed by atoms with van der Waals surface area (Å²) in [6.45, 7) is 1.55. The first-order valence-electron chi connectivity index (χ1n) is 7.40. The molecule has 2 aliphatic rings. The molecule has 0 saturated carbocycles. The zero-order valence-corrected chi connectivity index (χ0v) is 13.8. The number of benzene rings is 1. The summed E-state index contributed by atoms with van der Waals surface area (Å²) in [5.74, 6) is -1.79. The lowest BCUT2D eigenvalue weighted by molar-refractivity contribution is -0.384. The zero-order chi connectivity index (χ0) is 19.0. The van der Waals surface area contributed by atoms with Gasteiger partial charge in [0.1, 0.15) is 17.5 Å². The predicted octanol–water partition coefficient (Wildman–Crippen LogP) is 0.289. The fraction of sp³-hybridized carbons (Fsp3) is 0.200. The van der Waals surface area contributed by atoms with Crippen LogP contribution in [0.15, 0.2) is 39.7 Å². The maximum absolute atomic E-state index is 12.7. The number of hydrogen-bond donors (Lipinski definition) is 3. The molecule has 11 heteroatoms. The average molecular weight is 358 g/mol. The molecular formula is C15H14N6O5. The van der Waals surface area contributed by atoms with Gasteiger partial charge < -0.3 is 21.1 Å². The fourth-order valence-corrected chi connectivity index (χ4v) is 2.70. The van der Waals surface area contributed by atoms with Crippen molar-refractivity contribution < 1.29 is 19.2 Å². The highest BCUT2D eigenvalue weighted by atomic mass is 16.6. The minimum absolute atomic E-state index is 0.00298. The van der Waals surface area contributed by atoms with Crippen LogP contribution in [0.3, 0.4) is 0 Å². The summed E-state index contributed by atoms with van der Waals surface area (Å²) in [4.78, 5) is 35.0. The third kappa shape index (κ3) is 2.75. The smallest absolute Gasteiger partial charge is 0.273 e. The van der Waals surface area contributed by atoms with Gasteiger partial charge in [-0.25, -0.2) is 0 Å². The van der Waals surface area contributed by atoms with Gasteiger partial charge in [0, 0.05) is 11.8 Å². The zero-order valence-electron chi connectivity index (χ0n) is 13.8. The summed E-state index contributed by atoms with van der Waals surface area (Å²) in [5, 5.41) is 23.5. The molecule has 0 aliphatic carbocycles. The number of rotatable bonds is 4. The van der Waals surface area contributed by atoms with Gasteiger partial charge in [-0.15, -0.1) is 5.10 Å². The molecule has 134 valence electrons. The molecule has 3 rings (SSSR count). The van der Waals surface area contributed by atoms with Crippen LogP contribution >= 0.6 is 0 Å². The molecule has 0 spiro atoms. The Balaban J connectivity index is 1.92. The van der Waals surface area contributed by atoms with Crippen molar-refractivity contribution >= 4 is 34.7 Å². The number of carbonyl (C=O) groups is 2. The van der Waals surface area contributed by atoms with Gasteiger partial charge in [0.25, 0.3) is 11.6 Å². The number of nitrogens with zero attached hydrogens (tertiary/aromatic N) is 3. The first-order chi connectivity index (χ1) is 12.3. The van der Waals surface area contributed by atoms with Crippen molar-refractivity contribution in [3.05, 3.63) is 39.6 Å². The Labute approximate surface area is 146 Å². The predicted molar refractivity (Wildman–Crippen MR) is 91.7 cm³/mol. The van der Waals surface area contributed by atoms with Crippen LogP contribution in [-0.2, 0) is 9.59 Å². The minimum atomic E-state index is -0.918. The Hall–Kier alpha value is -3.76. The van der Waals surface area contributed by atoms with Crippen molar-refractivity contribution in [2.24, 2.45) is 21.9 Å². The lowest BCUT2D eigenvalue weighted by atomic mass is 9.90. The van der Waals surface area contributed by atoms with E-state index in [0.717, 1.165) is 0 Å². The van der Waals surface area contributed by atoms with Crippen LogP contribution in [0.2, 0.25) is 0 Å². The molecule has 1 aromatic carbocycles. The first-order valence-corrected chi connectivity index (χ1v) is 7.40. The molecule has 4 N–H and O–H groups in total. The standard InChI is InChI=1S/C15H14N6O5/c1-6-10(12-11(15(23)17-6)13(16)20-19-12)14(22)18-8-4-3-7(21(24)25)5-9(8)26-2/h3-5,11H,1-2H3,(H2,16,20)(H,17,23)(H,18,22). The molecule has 0 radical (unpaired) electrons. The number of nitro benzene ring substituents is 1. The van der Waals surface area contributed by atoms with E-state index in [-0.39, 0.29) is 34.2 Å². The number of fused-ring (bicyclic) bond motifs is 1. The third-order valence-electron chi connectivity index (χ3n) is 3.92. The summed E-state index contributed by atoms with van der Waals surface area (Å²) in [7, 11) is 1.33. The number of nitrogens with two attached hydrogens (primary N) is 1. The Morgan fingerprint density at radius 2 is 2.15 bits per heavy atom. The first kappa shape index (κ1) is 17.1. The van der Waals surface area contributed by atoms with E-state index in [1.54, 1.807) is 6.92 Å². The second-order valence-electron chi connectivity index (χ2n) is 5.53. The summed E-state index contributed by atoms with van der Waals surface area (Å²) in [6.07, 6.45) is 0. The lowest BCUT2D eigenvalue weighted by Crippen LogP contribution is -2.47. The largest absolute Gasteiger partial charge is 0.494 e. The maximum Gasteiger partial charge on any atom is 0.273 e. The van der Waals surface area contributed by atoms with E-state index in [9.17, 15) is 19.7 Å². The number of carbonyl (C=O) groups excluding carboxylic acids is 2. The van der Waals surface area contributed by atoms with Crippen molar-refractivity contribution in [3.8, 4) is 5.75 Å². The van der Waals surface area contributed by atoms with E-state index in [0.29, 0.717) is 5.70 Å². The minimum Gasteiger partial charge on any atom is -0.494 e. The Bertz CT molecular complexity index is 932. The molecule has 2 aliphatic heterocycles. The van der Waals surface area contributed by atoms with Gasteiger partial charge in [0.05, 0.1) is 35.1 Å². The van der Waals surface area contributed by atoms with Crippen molar-refractivity contribution in [2.75, 3.05) is 12.4 Å². The van der Waals surface area contributed by atoms with E-state index in [1.807, 2.05) is 0 Å². The Morgan fingerprint density at radius 3 is 2.81 bits per heavy atom. The molecule has 1 aromatic rings. The molecule has 0 bridgehead atoms. The normalized spacial score (nSPS) is 18.5. The molecule has 0 aromatic heterocycles. The summed E-state index contributed by atoms with van der Waals surface area (Å²) < 4.78 is 5.09. The van der Waals surface area contributed by atoms with E-state index in [2.05, 4.69) is 20.8 Å². The van der Waals surface area contributed by atoms with Crippen molar-refractivity contribution in [1.29, 1.82) is 0 Å². The van der Waals surface area contributed by atoms with Crippen LogP contribution in [0, 0.1) is 16.0 Å². The molecular weight excluding hydrogens is 344 g/mol. The van der Waals surface area contributed by atoms with E-state index < -0.39 is 22.7 Å². The molecule has 11 nitrogen and oxygen atoms in total. The highest BCUT2D eigenvalue weighted by molar-refractivity contribution is 6.38. The second-order valence-corrected chi connectivity index (χ2v) is 5.53. The topological polar surface area (TPSA) is 161 Å². The molecule has 1 unspecified atom stereocenters. The van der Waals surface area contributed by atoms with Gasteiger partial charge in [-0.3, -0.25) is 19.7 Å². The van der Waals surface area contributed by atoms with Crippen molar-refractivity contribution in [2.45, 2.75) is 6.92 Å². The number of amidine groups is 1. The number of hydrogen-bond acceptors (Lipinski definition) is 8. The number of anilines is 1. The van der Waals surface area contributed by atoms with Crippen molar-refractivity contribution in [1.82, 2.24) is 5.32 Å².